The minimum atomic E-state index is -3.98. The molecule has 9 nitrogen and oxygen atoms in total. The Kier molecular flexibility index (Phi) is 8.54. The maximum Gasteiger partial charge on any atom is 0.243 e. The van der Waals surface area contributed by atoms with Crippen LogP contribution in [0.15, 0.2) is 47.4 Å². The van der Waals surface area contributed by atoms with E-state index < -0.39 is 22.0 Å². The molecule has 2 saturated heterocycles. The second-order valence-electron chi connectivity index (χ2n) is 10.7. The van der Waals surface area contributed by atoms with E-state index in [0.717, 1.165) is 48.8 Å². The minimum absolute atomic E-state index is 0.0602. The van der Waals surface area contributed by atoms with Gasteiger partial charge in [0, 0.05) is 19.6 Å². The van der Waals surface area contributed by atoms with Gasteiger partial charge in [-0.05, 0) is 86.1 Å². The van der Waals surface area contributed by atoms with Gasteiger partial charge < -0.3 is 15.4 Å². The SMILES string of the molecule is COc1ccc(S(=O)(=O)N2CCNC(=O)C2CC(=O)N[C@@H]2CCCc3cc(CN4CCCCC4)ccc32)cc1. The number of ether oxygens (including phenoxy) is 1. The molecular formula is C29H38N4O5S. The van der Waals surface area contributed by atoms with Crippen LogP contribution in [0.4, 0.5) is 0 Å². The topological polar surface area (TPSA) is 108 Å². The number of nitrogens with one attached hydrogen (secondary N) is 2. The second-order valence-corrected chi connectivity index (χ2v) is 12.6. The molecule has 0 aromatic heterocycles. The highest BCUT2D eigenvalue weighted by Gasteiger charge is 2.40. The van der Waals surface area contributed by atoms with Crippen LogP contribution in [0.3, 0.4) is 0 Å². The van der Waals surface area contributed by atoms with Gasteiger partial charge >= 0.3 is 0 Å². The number of rotatable bonds is 8. The van der Waals surface area contributed by atoms with E-state index in [1.54, 1.807) is 12.1 Å². The summed E-state index contributed by atoms with van der Waals surface area (Å²) in [5.74, 6) is -0.255. The summed E-state index contributed by atoms with van der Waals surface area (Å²) in [5.41, 5.74) is 3.69. The highest BCUT2D eigenvalue weighted by molar-refractivity contribution is 7.89. The van der Waals surface area contributed by atoms with Crippen molar-refractivity contribution >= 4 is 21.8 Å². The first kappa shape index (κ1) is 27.6. The Labute approximate surface area is 230 Å². The van der Waals surface area contributed by atoms with Gasteiger partial charge in [0.25, 0.3) is 0 Å². The molecule has 2 aliphatic heterocycles. The van der Waals surface area contributed by atoms with Crippen molar-refractivity contribution in [1.82, 2.24) is 19.8 Å². The lowest BCUT2D eigenvalue weighted by atomic mass is 9.86. The number of methoxy groups -OCH3 is 1. The van der Waals surface area contributed by atoms with Crippen LogP contribution in [0.2, 0.25) is 0 Å². The number of hydrogen-bond acceptors (Lipinski definition) is 6. The van der Waals surface area contributed by atoms with Crippen molar-refractivity contribution in [3.63, 3.8) is 0 Å². The number of likely N-dealkylation sites (tertiary alicyclic amines) is 1. The van der Waals surface area contributed by atoms with Crippen LogP contribution in [0, 0.1) is 0 Å². The summed E-state index contributed by atoms with van der Waals surface area (Å²) in [6, 6.07) is 11.4. The Morgan fingerprint density at radius 1 is 1.05 bits per heavy atom. The smallest absolute Gasteiger partial charge is 0.243 e. The van der Waals surface area contributed by atoms with E-state index in [1.807, 2.05) is 0 Å². The standard InChI is InChI=1S/C29H38N4O5S/c1-38-23-9-11-24(12-10-23)39(36,37)33-17-14-30-29(35)27(33)19-28(34)31-26-7-5-6-22-18-21(8-13-25(22)26)20-32-15-3-2-4-16-32/h8-13,18,26-27H,2-7,14-17,19-20H2,1H3,(H,30,35)(H,31,34)/t26-,27?/m1/s1. The average Bonchev–Trinajstić information content (AvgIpc) is 2.94. The maximum atomic E-state index is 13.4. The Morgan fingerprint density at radius 2 is 1.82 bits per heavy atom. The summed E-state index contributed by atoms with van der Waals surface area (Å²) >= 11 is 0. The minimum Gasteiger partial charge on any atom is -0.497 e. The molecule has 39 heavy (non-hydrogen) atoms. The first-order valence-electron chi connectivity index (χ1n) is 13.9. The van der Waals surface area contributed by atoms with E-state index >= 15 is 0 Å². The van der Waals surface area contributed by atoms with Gasteiger partial charge in [0.15, 0.2) is 0 Å². The molecule has 0 radical (unpaired) electrons. The monoisotopic (exact) mass is 554 g/mol. The molecule has 2 N–H and O–H groups in total. The molecule has 210 valence electrons. The second kappa shape index (κ2) is 12.1. The summed E-state index contributed by atoms with van der Waals surface area (Å²) in [6.45, 7) is 3.55. The number of sulfonamides is 1. The van der Waals surface area contributed by atoms with E-state index in [9.17, 15) is 18.0 Å². The molecule has 2 aromatic carbocycles. The largest absolute Gasteiger partial charge is 0.497 e. The summed E-state index contributed by atoms with van der Waals surface area (Å²) in [7, 11) is -2.47. The predicted molar refractivity (Wildman–Crippen MR) is 148 cm³/mol. The number of carbonyl (C=O) groups excluding carboxylic acids is 2. The molecule has 10 heteroatoms. The van der Waals surface area contributed by atoms with Crippen LogP contribution in [0.1, 0.15) is 61.3 Å². The number of piperidine rings is 1. The summed E-state index contributed by atoms with van der Waals surface area (Å²) in [6.07, 6.45) is 6.36. The highest BCUT2D eigenvalue weighted by Crippen LogP contribution is 2.31. The van der Waals surface area contributed by atoms with Gasteiger partial charge in [0.05, 0.1) is 24.5 Å². The van der Waals surface area contributed by atoms with Gasteiger partial charge in [0.1, 0.15) is 11.8 Å². The summed E-state index contributed by atoms with van der Waals surface area (Å²) in [4.78, 5) is 28.6. The molecule has 0 spiro atoms. The zero-order chi connectivity index (χ0) is 27.4. The number of benzene rings is 2. The van der Waals surface area contributed by atoms with Gasteiger partial charge in [-0.3, -0.25) is 14.5 Å². The first-order chi connectivity index (χ1) is 18.8. The molecule has 3 aliphatic rings. The summed E-state index contributed by atoms with van der Waals surface area (Å²) in [5, 5.41) is 5.82. The number of hydrogen-bond donors (Lipinski definition) is 2. The normalized spacial score (nSPS) is 22.5. The van der Waals surface area contributed by atoms with Crippen LogP contribution in [-0.4, -0.2) is 68.8 Å². The van der Waals surface area contributed by atoms with Crippen LogP contribution in [0.5, 0.6) is 5.75 Å². The maximum absolute atomic E-state index is 13.4. The fourth-order valence-corrected chi connectivity index (χ4v) is 7.57. The van der Waals surface area contributed by atoms with Crippen molar-refractivity contribution in [2.24, 2.45) is 0 Å². The molecule has 2 aromatic rings. The van der Waals surface area contributed by atoms with Crippen molar-refractivity contribution in [2.45, 2.75) is 68.5 Å². The number of nitrogens with zero attached hydrogens (tertiary/aromatic N) is 2. The Hall–Kier alpha value is -2.95. The zero-order valence-electron chi connectivity index (χ0n) is 22.5. The van der Waals surface area contributed by atoms with Crippen LogP contribution >= 0.6 is 0 Å². The summed E-state index contributed by atoms with van der Waals surface area (Å²) < 4.78 is 33.1. The number of fused-ring (bicyclic) bond motifs is 1. The van der Waals surface area contributed by atoms with Gasteiger partial charge in [-0.1, -0.05) is 24.6 Å². The highest BCUT2D eigenvalue weighted by atomic mass is 32.2. The molecule has 1 unspecified atom stereocenters. The third-order valence-corrected chi connectivity index (χ3v) is 9.96. The van der Waals surface area contributed by atoms with Crippen molar-refractivity contribution in [2.75, 3.05) is 33.3 Å². The molecule has 2 fully saturated rings. The van der Waals surface area contributed by atoms with Crippen molar-refractivity contribution in [3.05, 3.63) is 59.2 Å². The van der Waals surface area contributed by atoms with E-state index in [1.165, 1.54) is 49.6 Å². The zero-order valence-corrected chi connectivity index (χ0v) is 23.3. The van der Waals surface area contributed by atoms with E-state index in [4.69, 9.17) is 4.74 Å². The number of amides is 2. The molecule has 2 atom stereocenters. The lowest BCUT2D eigenvalue weighted by molar-refractivity contribution is -0.132. The van der Waals surface area contributed by atoms with E-state index in [-0.39, 0.29) is 36.4 Å². The lowest BCUT2D eigenvalue weighted by Gasteiger charge is -2.34. The fraction of sp³-hybridized carbons (Fsp3) is 0.517. The lowest BCUT2D eigenvalue weighted by Crippen LogP contribution is -2.58. The number of carbonyl (C=O) groups is 2. The molecular weight excluding hydrogens is 516 g/mol. The van der Waals surface area contributed by atoms with Crippen molar-refractivity contribution in [3.8, 4) is 5.75 Å². The quantitative estimate of drug-likeness (QED) is 0.520. The average molecular weight is 555 g/mol. The van der Waals surface area contributed by atoms with Crippen LogP contribution in [0.25, 0.3) is 0 Å². The molecule has 1 aliphatic carbocycles. The Balaban J connectivity index is 1.27. The van der Waals surface area contributed by atoms with Crippen molar-refractivity contribution in [1.29, 1.82) is 0 Å². The third-order valence-electron chi connectivity index (χ3n) is 8.04. The Bertz CT molecular complexity index is 1290. The van der Waals surface area contributed by atoms with E-state index in [0.29, 0.717) is 5.75 Å². The first-order valence-corrected chi connectivity index (χ1v) is 15.4. The fourth-order valence-electron chi connectivity index (χ4n) is 5.98. The van der Waals surface area contributed by atoms with Gasteiger partial charge in [-0.2, -0.15) is 4.31 Å². The van der Waals surface area contributed by atoms with Crippen LogP contribution in [-0.2, 0) is 32.6 Å². The van der Waals surface area contributed by atoms with Gasteiger partial charge in [0.2, 0.25) is 21.8 Å². The van der Waals surface area contributed by atoms with Crippen molar-refractivity contribution < 1.29 is 22.7 Å². The molecule has 2 heterocycles. The predicted octanol–water partition coefficient (Wildman–Crippen LogP) is 2.75. The van der Waals surface area contributed by atoms with Gasteiger partial charge in [-0.15, -0.1) is 0 Å². The molecule has 0 bridgehead atoms. The third kappa shape index (κ3) is 6.28. The van der Waals surface area contributed by atoms with Gasteiger partial charge in [-0.25, -0.2) is 8.42 Å². The number of piperazine rings is 1. The molecule has 0 saturated carbocycles. The van der Waals surface area contributed by atoms with Crippen LogP contribution < -0.4 is 15.4 Å². The Morgan fingerprint density at radius 3 is 2.56 bits per heavy atom. The molecule has 5 rings (SSSR count). The number of aryl methyl sites for hydroxylation is 1. The van der Waals surface area contributed by atoms with E-state index in [2.05, 4.69) is 33.7 Å². The molecule has 2 amide bonds.